The number of phenols is 1. The number of ether oxygens (including phenoxy) is 1. The zero-order chi connectivity index (χ0) is 25.3. The van der Waals surface area contributed by atoms with Crippen LogP contribution in [0.5, 0.6) is 17.4 Å². The third-order valence-corrected chi connectivity index (χ3v) is 6.67. The van der Waals surface area contributed by atoms with Gasteiger partial charge in [0.15, 0.2) is 5.78 Å². The summed E-state index contributed by atoms with van der Waals surface area (Å²) in [6.45, 7) is 0. The number of nitrogens with one attached hydrogen (secondary N) is 1. The van der Waals surface area contributed by atoms with Gasteiger partial charge < -0.3 is 15.2 Å². The Labute approximate surface area is 210 Å². The molecule has 0 spiro atoms. The number of para-hydroxylation sites is 1. The van der Waals surface area contributed by atoms with Gasteiger partial charge in [-0.25, -0.2) is 9.37 Å². The van der Waals surface area contributed by atoms with Crippen LogP contribution >= 0.6 is 0 Å². The number of halogens is 1. The number of ketones is 1. The number of carbonyl (C=O) groups excluding carboxylic acids is 2. The molecule has 0 radical (unpaired) electrons. The van der Waals surface area contributed by atoms with Gasteiger partial charge in [0, 0.05) is 24.2 Å². The molecule has 7 heteroatoms. The highest BCUT2D eigenvalue weighted by molar-refractivity contribution is 5.98. The highest BCUT2D eigenvalue weighted by atomic mass is 19.1. The number of carbonyl (C=O) groups is 2. The van der Waals surface area contributed by atoms with Crippen LogP contribution in [0.1, 0.15) is 60.9 Å². The fraction of sp³-hybridized carbons (Fsp3) is 0.345. The molecule has 0 saturated heterocycles. The monoisotopic (exact) mass is 490 g/mol. The number of aromatic hydroxyl groups is 1. The summed E-state index contributed by atoms with van der Waals surface area (Å²) in [6.07, 6.45) is 7.75. The zero-order valence-corrected chi connectivity index (χ0v) is 20.2. The van der Waals surface area contributed by atoms with E-state index in [2.05, 4.69) is 10.3 Å². The molecule has 4 rings (SSSR count). The van der Waals surface area contributed by atoms with Gasteiger partial charge in [0.25, 0.3) is 0 Å². The van der Waals surface area contributed by atoms with Crippen molar-refractivity contribution in [2.45, 2.75) is 57.4 Å². The van der Waals surface area contributed by atoms with Crippen LogP contribution in [0.3, 0.4) is 0 Å². The van der Waals surface area contributed by atoms with Gasteiger partial charge in [-0.2, -0.15) is 0 Å². The number of phenolic OH excluding ortho intramolecular Hbond substituents is 1. The first-order chi connectivity index (χ1) is 17.5. The van der Waals surface area contributed by atoms with Crippen molar-refractivity contribution >= 4 is 11.7 Å². The number of pyridine rings is 1. The molecule has 3 aromatic rings. The molecule has 1 aromatic heterocycles. The van der Waals surface area contributed by atoms with E-state index in [0.717, 1.165) is 38.5 Å². The van der Waals surface area contributed by atoms with E-state index in [1.165, 1.54) is 24.3 Å². The smallest absolute Gasteiger partial charge is 0.230 e. The van der Waals surface area contributed by atoms with Crippen molar-refractivity contribution in [2.75, 3.05) is 0 Å². The van der Waals surface area contributed by atoms with Gasteiger partial charge in [0.2, 0.25) is 11.8 Å². The van der Waals surface area contributed by atoms with Crippen molar-refractivity contribution in [1.82, 2.24) is 10.3 Å². The zero-order valence-electron chi connectivity index (χ0n) is 20.2. The number of hydrogen-bond acceptors (Lipinski definition) is 5. The second-order valence-electron chi connectivity index (χ2n) is 9.32. The van der Waals surface area contributed by atoms with Gasteiger partial charge in [-0.15, -0.1) is 0 Å². The Morgan fingerprint density at radius 1 is 1.00 bits per heavy atom. The first kappa shape index (κ1) is 25.4. The standard InChI is InChI=1S/C29H31FN2O4/c30-22-12-16-24(17-13-22)36-29-25(7-4-18-31-29)27(34)9-3-5-20-10-14-23(15-11-20)32-28(35)19-21-6-1-2-8-26(21)33/h1-2,4,6-8,12-13,16-18,20,23,33H,3,5,9-11,14-15,19H2,(H,32,35). The number of aromatic nitrogens is 1. The van der Waals surface area contributed by atoms with E-state index in [1.807, 2.05) is 6.07 Å². The molecule has 1 heterocycles. The van der Waals surface area contributed by atoms with Crippen molar-refractivity contribution in [2.24, 2.45) is 5.92 Å². The molecule has 1 aliphatic rings. The summed E-state index contributed by atoms with van der Waals surface area (Å²) in [6, 6.07) is 16.1. The lowest BCUT2D eigenvalue weighted by Crippen LogP contribution is -2.38. The summed E-state index contributed by atoms with van der Waals surface area (Å²) in [5.74, 6) is 0.886. The Morgan fingerprint density at radius 2 is 1.75 bits per heavy atom. The first-order valence-electron chi connectivity index (χ1n) is 12.5. The van der Waals surface area contributed by atoms with E-state index in [4.69, 9.17) is 4.74 Å². The predicted octanol–water partition coefficient (Wildman–Crippen LogP) is 5.99. The fourth-order valence-electron chi connectivity index (χ4n) is 4.69. The molecule has 1 amide bonds. The highest BCUT2D eigenvalue weighted by Crippen LogP contribution is 2.30. The summed E-state index contributed by atoms with van der Waals surface area (Å²) in [5, 5.41) is 13.0. The van der Waals surface area contributed by atoms with Crippen LogP contribution in [-0.4, -0.2) is 27.8 Å². The molecule has 6 nitrogen and oxygen atoms in total. The highest BCUT2D eigenvalue weighted by Gasteiger charge is 2.23. The van der Waals surface area contributed by atoms with Crippen molar-refractivity contribution in [1.29, 1.82) is 0 Å². The van der Waals surface area contributed by atoms with Crippen LogP contribution in [0.2, 0.25) is 0 Å². The molecule has 1 fully saturated rings. The van der Waals surface area contributed by atoms with Crippen LogP contribution < -0.4 is 10.1 Å². The van der Waals surface area contributed by atoms with Crippen LogP contribution in [0.4, 0.5) is 4.39 Å². The number of rotatable bonds is 10. The molecule has 1 saturated carbocycles. The Hall–Kier alpha value is -3.74. The van der Waals surface area contributed by atoms with E-state index in [0.29, 0.717) is 29.2 Å². The van der Waals surface area contributed by atoms with Crippen LogP contribution in [0.15, 0.2) is 66.9 Å². The number of Topliss-reactive ketones (excluding diaryl/α,β-unsaturated/α-hetero) is 1. The SMILES string of the molecule is O=C(Cc1ccccc1O)NC1CCC(CCCC(=O)c2cccnc2Oc2ccc(F)cc2)CC1. The average molecular weight is 491 g/mol. The number of nitrogens with zero attached hydrogens (tertiary/aromatic N) is 1. The second-order valence-corrected chi connectivity index (χ2v) is 9.32. The van der Waals surface area contributed by atoms with Crippen molar-refractivity contribution in [3.8, 4) is 17.4 Å². The second kappa shape index (κ2) is 12.3. The summed E-state index contributed by atoms with van der Waals surface area (Å²) in [4.78, 5) is 29.4. The maximum atomic E-state index is 13.1. The lowest BCUT2D eigenvalue weighted by atomic mass is 9.83. The normalized spacial score (nSPS) is 17.4. The molecule has 2 aromatic carbocycles. The van der Waals surface area contributed by atoms with Crippen molar-refractivity contribution in [3.63, 3.8) is 0 Å². The number of benzene rings is 2. The maximum absolute atomic E-state index is 13.1. The van der Waals surface area contributed by atoms with Crippen LogP contribution in [0.25, 0.3) is 0 Å². The molecule has 0 atom stereocenters. The lowest BCUT2D eigenvalue weighted by Gasteiger charge is -2.29. The van der Waals surface area contributed by atoms with E-state index in [9.17, 15) is 19.1 Å². The van der Waals surface area contributed by atoms with E-state index in [-0.39, 0.29) is 41.6 Å². The third kappa shape index (κ3) is 7.13. The number of hydrogen-bond donors (Lipinski definition) is 2. The fourth-order valence-corrected chi connectivity index (χ4v) is 4.69. The van der Waals surface area contributed by atoms with Gasteiger partial charge in [-0.3, -0.25) is 9.59 Å². The van der Waals surface area contributed by atoms with Gasteiger partial charge in [-0.1, -0.05) is 24.6 Å². The molecule has 0 aliphatic heterocycles. The van der Waals surface area contributed by atoms with Crippen molar-refractivity contribution in [3.05, 3.63) is 83.8 Å². The molecule has 0 unspecified atom stereocenters. The topological polar surface area (TPSA) is 88.5 Å². The van der Waals surface area contributed by atoms with E-state index >= 15 is 0 Å². The van der Waals surface area contributed by atoms with Gasteiger partial charge in [-0.05, 0) is 80.5 Å². The molecular weight excluding hydrogens is 459 g/mol. The van der Waals surface area contributed by atoms with Gasteiger partial charge in [0.1, 0.15) is 17.3 Å². The summed E-state index contributed by atoms with van der Waals surface area (Å²) >= 11 is 0. The Morgan fingerprint density at radius 3 is 2.50 bits per heavy atom. The average Bonchev–Trinajstić information content (AvgIpc) is 2.88. The summed E-state index contributed by atoms with van der Waals surface area (Å²) in [5.41, 5.74) is 1.06. The Kier molecular flexibility index (Phi) is 8.66. The number of amides is 1. The summed E-state index contributed by atoms with van der Waals surface area (Å²) < 4.78 is 18.9. The minimum Gasteiger partial charge on any atom is -0.508 e. The molecule has 36 heavy (non-hydrogen) atoms. The minimum absolute atomic E-state index is 0.0228. The van der Waals surface area contributed by atoms with Gasteiger partial charge >= 0.3 is 0 Å². The Bertz CT molecular complexity index is 1170. The molecule has 0 bridgehead atoms. The van der Waals surface area contributed by atoms with Crippen LogP contribution in [0, 0.1) is 11.7 Å². The largest absolute Gasteiger partial charge is 0.508 e. The van der Waals surface area contributed by atoms with E-state index in [1.54, 1.807) is 36.5 Å². The predicted molar refractivity (Wildman–Crippen MR) is 135 cm³/mol. The quantitative estimate of drug-likeness (QED) is 0.341. The Balaban J connectivity index is 1.19. The maximum Gasteiger partial charge on any atom is 0.230 e. The summed E-state index contributed by atoms with van der Waals surface area (Å²) in [7, 11) is 0. The molecule has 2 N–H and O–H groups in total. The van der Waals surface area contributed by atoms with Gasteiger partial charge in [0.05, 0.1) is 12.0 Å². The minimum atomic E-state index is -0.358. The van der Waals surface area contributed by atoms with Crippen molar-refractivity contribution < 1.29 is 23.8 Å². The molecule has 1 aliphatic carbocycles. The van der Waals surface area contributed by atoms with Crippen LogP contribution in [-0.2, 0) is 11.2 Å². The lowest BCUT2D eigenvalue weighted by molar-refractivity contribution is -0.121. The molecule has 188 valence electrons. The third-order valence-electron chi connectivity index (χ3n) is 6.67. The van der Waals surface area contributed by atoms with E-state index < -0.39 is 0 Å². The molecular formula is C29H31FN2O4. The first-order valence-corrected chi connectivity index (χ1v) is 12.5.